The van der Waals surface area contributed by atoms with E-state index in [1.54, 1.807) is 0 Å². The maximum absolute atomic E-state index is 13.5. The highest BCUT2D eigenvalue weighted by Crippen LogP contribution is 2.42. The number of hydrogen-bond acceptors (Lipinski definition) is 56. The number of rotatable bonds is 42. The molecular weight excluding hydrogens is 1950 g/mol. The van der Waals surface area contributed by atoms with Gasteiger partial charge in [0.1, 0.15) is 262 Å². The molecule has 0 aromatic carbocycles. The van der Waals surface area contributed by atoms with Crippen LogP contribution in [0.25, 0.3) is 0 Å². The summed E-state index contributed by atoms with van der Waals surface area (Å²) in [6.07, 6.45) is -104. The predicted molar refractivity (Wildman–Crippen MR) is 446 cm³/mol. The summed E-state index contributed by atoms with van der Waals surface area (Å²) in [4.78, 5) is 89.7. The number of nitrogens with one attached hydrogen (secondary N) is 7. The number of carbonyl (C=O) groups excluding carboxylic acids is 7. The summed E-state index contributed by atoms with van der Waals surface area (Å²) in [5.41, 5.74) is 0. The maximum atomic E-state index is 13.5. The molecule has 10 fully saturated rings. The van der Waals surface area contributed by atoms with E-state index in [1.807, 2.05) is 0 Å². The van der Waals surface area contributed by atoms with Gasteiger partial charge in [0.25, 0.3) is 0 Å². The van der Waals surface area contributed by atoms with Crippen LogP contribution in [0.15, 0.2) is 0 Å². The SMILES string of the molecule is CC(=O)N[C@H]1[C@H](O[C@@H]([C@H](O)[C@H](CO)NC(C)=O)[C@H](O)CO)O[C@H](CO)[C@@H](O[C@@H]2O[C@H](CO[C@H]3O[C@H](CO[C@@H]4O[C@H](CO)[C@@H](O)[C@H](O)[C@H]4NC(C)=O)[C@@H](O)[C@H](O)[C@@H]3O[C@@H]3O[C@H](CO)[C@@H](O[C@@H]4O[C@H](CO)[C@H](O)[C@H](O[C@@H]5O[C@H](CO)[C@@H](O)[C@H](O)[C@H]5NC(C)=O)[C@H]4O)[C@H](O)[C@H]3NC(C)=O)[C@@H](O)[C@H](O[C@H]3O[C@H](CO)[C@@H](O[C@@H]4O[C@H](CO)[C@@H](O)[C@H](O)[C@H]4NC(C)=O)[C@H](O)[C@@H]3O[C@@H]3O[C@H](CO)[C@@H](O)[C@H](O)[C@H]3NC(C)=O)[C@@H]2O)[C@@H]1O. The van der Waals surface area contributed by atoms with Crippen LogP contribution >= 0.6 is 0 Å². The van der Waals surface area contributed by atoms with Gasteiger partial charge in [0, 0.05) is 48.5 Å². The molecule has 10 aliphatic rings. The molecule has 0 radical (unpaired) electrons. The Morgan fingerprint density at radius 1 is 0.238 bits per heavy atom. The number of aliphatic hydroxyl groups is 29. The molecule has 10 saturated heterocycles. The zero-order chi connectivity index (χ0) is 106. The second-order valence-electron chi connectivity index (χ2n) is 35.8. The third-order valence-corrected chi connectivity index (χ3v) is 25.4. The van der Waals surface area contributed by atoms with Gasteiger partial charge in [-0.3, -0.25) is 33.6 Å². The normalized spacial score (nSPS) is 44.9. The Bertz CT molecular complexity index is 4000. The van der Waals surface area contributed by atoms with Crippen molar-refractivity contribution in [2.75, 3.05) is 79.3 Å². The van der Waals surface area contributed by atoms with Crippen LogP contribution in [0, 0.1) is 0 Å². The number of carbonyl (C=O) groups is 7. The van der Waals surface area contributed by atoms with E-state index in [1.165, 1.54) is 0 Å². The molecule has 10 rings (SSSR count). The highest BCUT2D eigenvalue weighted by Gasteiger charge is 2.63. The van der Waals surface area contributed by atoms with Crippen LogP contribution in [-0.4, -0.2) is 600 Å². The van der Waals surface area contributed by atoms with Crippen molar-refractivity contribution in [3.63, 3.8) is 0 Å². The first-order valence-electron chi connectivity index (χ1n) is 45.5. The van der Waals surface area contributed by atoms with Gasteiger partial charge >= 0.3 is 0 Å². The Morgan fingerprint density at radius 3 is 0.853 bits per heavy atom. The molecule has 10 heterocycles. The number of aliphatic hydroxyl groups excluding tert-OH is 29. The Labute approximate surface area is 811 Å². The van der Waals surface area contributed by atoms with Crippen molar-refractivity contribution in [2.45, 2.75) is 380 Å². The Kier molecular flexibility index (Phi) is 44.5. The van der Waals surface area contributed by atoms with Gasteiger partial charge < -0.3 is 280 Å². The highest BCUT2D eigenvalue weighted by atomic mass is 16.8. The van der Waals surface area contributed by atoms with Crippen molar-refractivity contribution in [3.8, 4) is 0 Å². The van der Waals surface area contributed by atoms with Gasteiger partial charge in [-0.05, 0) is 0 Å². The lowest BCUT2D eigenvalue weighted by atomic mass is 9.94. The van der Waals surface area contributed by atoms with Gasteiger partial charge in [-0.1, -0.05) is 0 Å². The quantitative estimate of drug-likeness (QED) is 0.0270. The molecule has 0 saturated carbocycles. The van der Waals surface area contributed by atoms with E-state index in [9.17, 15) is 182 Å². The van der Waals surface area contributed by atoms with Gasteiger partial charge in [0.05, 0.1) is 85.3 Å². The monoisotopic (exact) mass is 2090 g/mol. The molecule has 63 nitrogen and oxygen atoms in total. The second kappa shape index (κ2) is 53.4. The zero-order valence-electron chi connectivity index (χ0n) is 77.7. The summed E-state index contributed by atoms with van der Waals surface area (Å²) in [5.74, 6) is -6.61. The largest absolute Gasteiger partial charge is 0.394 e. The van der Waals surface area contributed by atoms with Crippen LogP contribution in [-0.2, 0) is 128 Å². The Morgan fingerprint density at radius 2 is 0.490 bits per heavy atom. The van der Waals surface area contributed by atoms with E-state index >= 15 is 0 Å². The molecule has 0 unspecified atom stereocenters. The third-order valence-electron chi connectivity index (χ3n) is 25.4. The summed E-state index contributed by atoms with van der Waals surface area (Å²) in [7, 11) is 0. The lowest BCUT2D eigenvalue weighted by Crippen LogP contribution is -2.71. The summed E-state index contributed by atoms with van der Waals surface area (Å²) in [5, 5.41) is 347. The molecule has 143 heavy (non-hydrogen) atoms. The average molecular weight is 2090 g/mol. The number of amides is 7. The summed E-state index contributed by atoms with van der Waals surface area (Å²) in [6.45, 7) is -7.72. The molecule has 0 spiro atoms. The molecule has 0 aromatic heterocycles. The van der Waals surface area contributed by atoms with E-state index in [2.05, 4.69) is 37.2 Å². The Balaban J connectivity index is 1.07. The average Bonchev–Trinajstić information content (AvgIpc) is 0.759. The number of hydrogen-bond donors (Lipinski definition) is 36. The van der Waals surface area contributed by atoms with Crippen molar-refractivity contribution in [1.29, 1.82) is 0 Å². The minimum atomic E-state index is -2.77. The van der Waals surface area contributed by atoms with Crippen molar-refractivity contribution < 1.29 is 276 Å². The van der Waals surface area contributed by atoms with Crippen molar-refractivity contribution >= 4 is 41.4 Å². The maximum Gasteiger partial charge on any atom is 0.217 e. The minimum Gasteiger partial charge on any atom is -0.394 e. The van der Waals surface area contributed by atoms with E-state index in [0.29, 0.717) is 0 Å². The fourth-order valence-electron chi connectivity index (χ4n) is 18.1. The highest BCUT2D eigenvalue weighted by molar-refractivity contribution is 5.75. The van der Waals surface area contributed by atoms with Crippen molar-refractivity contribution in [3.05, 3.63) is 0 Å². The van der Waals surface area contributed by atoms with Gasteiger partial charge in [0.2, 0.25) is 41.4 Å². The zero-order valence-corrected chi connectivity index (χ0v) is 77.7. The van der Waals surface area contributed by atoms with Crippen LogP contribution in [0.5, 0.6) is 0 Å². The fourth-order valence-corrected chi connectivity index (χ4v) is 18.1. The van der Waals surface area contributed by atoms with E-state index in [4.69, 9.17) is 94.7 Å². The number of ether oxygens (including phenoxy) is 20. The smallest absolute Gasteiger partial charge is 0.217 e. The van der Waals surface area contributed by atoms with Gasteiger partial charge in [-0.15, -0.1) is 0 Å². The van der Waals surface area contributed by atoms with E-state index in [-0.39, 0.29) is 0 Å². The molecule has 0 bridgehead atoms. The molecule has 826 valence electrons. The Hall–Kier alpha value is -5.67. The molecule has 10 aliphatic heterocycles. The topological polar surface area (TPSA) is 975 Å². The lowest BCUT2D eigenvalue weighted by Gasteiger charge is -2.51. The van der Waals surface area contributed by atoms with Crippen molar-refractivity contribution in [1.82, 2.24) is 37.2 Å². The van der Waals surface area contributed by atoms with Crippen LogP contribution in [0.2, 0.25) is 0 Å². The third kappa shape index (κ3) is 28.0. The first kappa shape index (κ1) is 119. The standard InChI is InChI=1S/C80H135N7O56/c1-20(98)81-27(8-88)45(106)63(28(105)9-89)136-75-43(86-25(6)103)57(118)65(34(15-95)131-75)139-78-62(123)68(141-80-70(143-74-42(85-24(5)102)56(117)49(110)32(13-93)129-74)60(121)66(36(17-97)133-80)137-72-40(83-22(3)100)54(115)47(108)30(11-91)127-72)52(113)38(134-78)19-125-79-69(59(120)50(111)37(135-79)18-124-71-39(82-21(2)99)53(114)46(107)29(10-90)126-71)142-76-44(87-26(7)104)58(119)64(35(16-96)132-76)138-77-61(122)67(51(112)33(14-94)130-77)140-73-41(84-23(4)101)55(116)48(109)31(12-92)128-73/h27-80,88-97,105-123H,8-19H2,1-7H3,(H,81,98)(H,82,99)(H,83,100)(H,84,101)(H,85,102)(H,86,103)(H,87,104)/t27-,28+,29+,30+,31+,32+,33+,34+,35+,36+,37+,38+,39+,40+,41+,42+,43+,44+,45+,46+,47+,48+,49+,50+,51-,52+,53+,54+,55+,56+,57+,58+,59-,60-,61+,62-,63+,64+,65+,66+,67-,68-,69-,70-,71+,72-,73-,74-,75-,76-,77-,78-,79-,80+/m0/s1. The predicted octanol–water partition coefficient (Wildman–Crippen LogP) is -24.3. The van der Waals surface area contributed by atoms with Crippen LogP contribution in [0.4, 0.5) is 0 Å². The lowest BCUT2D eigenvalue weighted by molar-refractivity contribution is -0.403. The molecule has 7 amide bonds. The molecule has 0 aliphatic carbocycles. The van der Waals surface area contributed by atoms with Gasteiger partial charge in [-0.2, -0.15) is 0 Å². The second-order valence-corrected chi connectivity index (χ2v) is 35.8. The first-order valence-corrected chi connectivity index (χ1v) is 45.5. The summed E-state index contributed by atoms with van der Waals surface area (Å²) in [6, 6.07) is -13.3. The van der Waals surface area contributed by atoms with Gasteiger partial charge in [-0.25, -0.2) is 0 Å². The minimum absolute atomic E-state index is 0.847. The molecule has 63 heteroatoms. The van der Waals surface area contributed by atoms with Gasteiger partial charge in [0.15, 0.2) is 62.9 Å². The molecular formula is C80H135N7O56. The van der Waals surface area contributed by atoms with Crippen molar-refractivity contribution in [2.24, 2.45) is 0 Å². The van der Waals surface area contributed by atoms with Crippen LogP contribution in [0.1, 0.15) is 48.5 Å². The van der Waals surface area contributed by atoms with Crippen LogP contribution < -0.4 is 37.2 Å². The first-order chi connectivity index (χ1) is 67.6. The molecule has 0 aromatic rings. The van der Waals surface area contributed by atoms with Crippen LogP contribution in [0.3, 0.4) is 0 Å². The molecule has 54 atom stereocenters. The summed E-state index contributed by atoms with van der Waals surface area (Å²) < 4.78 is 122. The van der Waals surface area contributed by atoms with E-state index < -0.39 is 452 Å². The van der Waals surface area contributed by atoms with E-state index in [0.717, 1.165) is 48.5 Å². The molecule has 36 N–H and O–H groups in total. The fraction of sp³-hybridized carbons (Fsp3) is 0.912. The summed E-state index contributed by atoms with van der Waals surface area (Å²) >= 11 is 0.